The zero-order chi connectivity index (χ0) is 18.5. The fourth-order valence-electron chi connectivity index (χ4n) is 2.56. The van der Waals surface area contributed by atoms with E-state index in [0.717, 1.165) is 16.0 Å². The van der Waals surface area contributed by atoms with Gasteiger partial charge in [-0.1, -0.05) is 48.0 Å². The van der Waals surface area contributed by atoms with Crippen LogP contribution in [0, 0.1) is 6.92 Å². The molecule has 0 fully saturated rings. The third-order valence-electron chi connectivity index (χ3n) is 3.78. The summed E-state index contributed by atoms with van der Waals surface area (Å²) in [5.74, 6) is -0.684. The summed E-state index contributed by atoms with van der Waals surface area (Å²) in [7, 11) is 0. The van der Waals surface area contributed by atoms with Gasteiger partial charge in [0, 0.05) is 10.4 Å². The third-order valence-corrected chi connectivity index (χ3v) is 4.94. The first kappa shape index (κ1) is 17.9. The number of anilines is 1. The summed E-state index contributed by atoms with van der Waals surface area (Å²) in [6.07, 6.45) is 0. The average Bonchev–Trinajstić information content (AvgIpc) is 3.06. The van der Waals surface area contributed by atoms with E-state index in [-0.39, 0.29) is 12.5 Å². The Labute approximate surface area is 156 Å². The van der Waals surface area contributed by atoms with Gasteiger partial charge in [0.2, 0.25) is 0 Å². The van der Waals surface area contributed by atoms with Crippen molar-refractivity contribution in [2.75, 3.05) is 11.9 Å². The standard InChI is InChI=1S/C21H19NO3S/c1-3-25-21(24)19-17(13-18(26-19)15-9-5-4-6-10-15)22-20(23)16-11-7-8-14(2)12-16/h4-13H,3H2,1-2H3,(H,22,23). The minimum atomic E-state index is -0.431. The molecule has 3 aromatic rings. The average molecular weight is 365 g/mol. The van der Waals surface area contributed by atoms with Crippen LogP contribution < -0.4 is 5.32 Å². The molecule has 0 aliphatic heterocycles. The Morgan fingerprint density at radius 3 is 2.50 bits per heavy atom. The van der Waals surface area contributed by atoms with E-state index in [0.29, 0.717) is 16.1 Å². The molecule has 2 aromatic carbocycles. The first-order valence-corrected chi connectivity index (χ1v) is 9.14. The minimum absolute atomic E-state index is 0.253. The van der Waals surface area contributed by atoms with Gasteiger partial charge >= 0.3 is 5.97 Å². The topological polar surface area (TPSA) is 55.4 Å². The first-order chi connectivity index (χ1) is 12.6. The molecule has 0 atom stereocenters. The SMILES string of the molecule is CCOC(=O)c1sc(-c2ccccc2)cc1NC(=O)c1cccc(C)c1. The van der Waals surface area contributed by atoms with Crippen LogP contribution in [0.25, 0.3) is 10.4 Å². The summed E-state index contributed by atoms with van der Waals surface area (Å²) in [4.78, 5) is 26.2. The van der Waals surface area contributed by atoms with E-state index in [1.54, 1.807) is 13.0 Å². The van der Waals surface area contributed by atoms with E-state index in [1.807, 2.05) is 61.5 Å². The fourth-order valence-corrected chi connectivity index (χ4v) is 3.57. The highest BCUT2D eigenvalue weighted by molar-refractivity contribution is 7.18. The number of ether oxygens (including phenoxy) is 1. The molecular formula is C21H19NO3S. The molecule has 0 aliphatic carbocycles. The van der Waals surface area contributed by atoms with Crippen LogP contribution in [-0.4, -0.2) is 18.5 Å². The smallest absolute Gasteiger partial charge is 0.350 e. The van der Waals surface area contributed by atoms with Crippen LogP contribution in [-0.2, 0) is 4.74 Å². The molecule has 0 radical (unpaired) electrons. The summed E-state index contributed by atoms with van der Waals surface area (Å²) >= 11 is 1.31. The zero-order valence-electron chi connectivity index (χ0n) is 14.6. The number of esters is 1. The number of carbonyl (C=O) groups is 2. The van der Waals surface area contributed by atoms with Gasteiger partial charge in [-0.3, -0.25) is 4.79 Å². The summed E-state index contributed by atoms with van der Waals surface area (Å²) in [6, 6.07) is 18.9. The molecule has 1 amide bonds. The quantitative estimate of drug-likeness (QED) is 0.636. The molecule has 0 spiro atoms. The highest BCUT2D eigenvalue weighted by Gasteiger charge is 2.20. The number of thiophene rings is 1. The number of carbonyl (C=O) groups excluding carboxylic acids is 2. The minimum Gasteiger partial charge on any atom is -0.462 e. The Bertz CT molecular complexity index is 931. The van der Waals surface area contributed by atoms with Crippen LogP contribution in [0.2, 0.25) is 0 Å². The fraction of sp³-hybridized carbons (Fsp3) is 0.143. The molecule has 3 rings (SSSR count). The van der Waals surface area contributed by atoms with E-state index in [2.05, 4.69) is 5.32 Å². The van der Waals surface area contributed by atoms with Crippen LogP contribution in [0.5, 0.6) is 0 Å². The monoisotopic (exact) mass is 365 g/mol. The van der Waals surface area contributed by atoms with Crippen LogP contribution >= 0.6 is 11.3 Å². The first-order valence-electron chi connectivity index (χ1n) is 8.33. The van der Waals surface area contributed by atoms with Crippen LogP contribution in [0.1, 0.15) is 32.5 Å². The molecule has 132 valence electrons. The van der Waals surface area contributed by atoms with Crippen molar-refractivity contribution in [1.29, 1.82) is 0 Å². The maximum absolute atomic E-state index is 12.6. The van der Waals surface area contributed by atoms with Crippen molar-refractivity contribution in [1.82, 2.24) is 0 Å². The summed E-state index contributed by atoms with van der Waals surface area (Å²) in [5, 5.41) is 2.85. The van der Waals surface area contributed by atoms with Gasteiger partial charge in [0.25, 0.3) is 5.91 Å². The molecule has 0 saturated carbocycles. The Kier molecular flexibility index (Phi) is 5.49. The van der Waals surface area contributed by atoms with E-state index in [1.165, 1.54) is 11.3 Å². The van der Waals surface area contributed by atoms with Crippen molar-refractivity contribution >= 4 is 28.9 Å². The molecule has 0 aliphatic rings. The highest BCUT2D eigenvalue weighted by atomic mass is 32.1. The normalized spacial score (nSPS) is 10.4. The number of nitrogens with one attached hydrogen (secondary N) is 1. The Hall–Kier alpha value is -2.92. The summed E-state index contributed by atoms with van der Waals surface area (Å²) in [6.45, 7) is 3.97. The second-order valence-electron chi connectivity index (χ2n) is 5.76. The van der Waals surface area contributed by atoms with Gasteiger partial charge in [-0.15, -0.1) is 11.3 Å². The maximum atomic E-state index is 12.6. The molecule has 1 heterocycles. The lowest BCUT2D eigenvalue weighted by Gasteiger charge is -2.06. The van der Waals surface area contributed by atoms with Crippen molar-refractivity contribution in [2.45, 2.75) is 13.8 Å². The third kappa shape index (κ3) is 4.00. The van der Waals surface area contributed by atoms with Gasteiger partial charge in [0.15, 0.2) is 0 Å². The van der Waals surface area contributed by atoms with Gasteiger partial charge in [0.05, 0.1) is 12.3 Å². The molecule has 5 heteroatoms. The van der Waals surface area contributed by atoms with Crippen molar-refractivity contribution in [3.05, 3.63) is 76.7 Å². The number of benzene rings is 2. The van der Waals surface area contributed by atoms with Crippen LogP contribution in [0.4, 0.5) is 5.69 Å². The van der Waals surface area contributed by atoms with E-state index in [4.69, 9.17) is 4.74 Å². The van der Waals surface area contributed by atoms with Crippen LogP contribution in [0.3, 0.4) is 0 Å². The number of amides is 1. The van der Waals surface area contributed by atoms with Gasteiger partial charge in [0.1, 0.15) is 4.88 Å². The molecule has 26 heavy (non-hydrogen) atoms. The van der Waals surface area contributed by atoms with Gasteiger partial charge < -0.3 is 10.1 Å². The molecule has 4 nitrogen and oxygen atoms in total. The second kappa shape index (κ2) is 7.97. The molecule has 0 saturated heterocycles. The molecule has 1 aromatic heterocycles. The predicted octanol–water partition coefficient (Wildman–Crippen LogP) is 5.15. The molecule has 0 unspecified atom stereocenters. The lowest BCUT2D eigenvalue weighted by Crippen LogP contribution is -2.14. The van der Waals surface area contributed by atoms with Crippen molar-refractivity contribution < 1.29 is 14.3 Å². The Morgan fingerprint density at radius 1 is 1.04 bits per heavy atom. The van der Waals surface area contributed by atoms with E-state index >= 15 is 0 Å². The largest absolute Gasteiger partial charge is 0.462 e. The Morgan fingerprint density at radius 2 is 1.81 bits per heavy atom. The van der Waals surface area contributed by atoms with Crippen molar-refractivity contribution in [3.8, 4) is 10.4 Å². The summed E-state index contributed by atoms with van der Waals surface area (Å²) in [5.41, 5.74) is 3.00. The van der Waals surface area contributed by atoms with Gasteiger partial charge in [-0.05, 0) is 37.6 Å². The summed E-state index contributed by atoms with van der Waals surface area (Å²) < 4.78 is 5.14. The lowest BCUT2D eigenvalue weighted by molar-refractivity contribution is 0.0533. The maximum Gasteiger partial charge on any atom is 0.350 e. The predicted molar refractivity (Wildman–Crippen MR) is 105 cm³/mol. The zero-order valence-corrected chi connectivity index (χ0v) is 15.4. The Balaban J connectivity index is 1.95. The highest BCUT2D eigenvalue weighted by Crippen LogP contribution is 2.35. The number of aryl methyl sites for hydroxylation is 1. The van der Waals surface area contributed by atoms with Crippen molar-refractivity contribution in [2.24, 2.45) is 0 Å². The molecule has 0 bridgehead atoms. The molecule has 1 N–H and O–H groups in total. The van der Waals surface area contributed by atoms with E-state index < -0.39 is 5.97 Å². The second-order valence-corrected chi connectivity index (χ2v) is 6.82. The number of rotatable bonds is 5. The van der Waals surface area contributed by atoms with E-state index in [9.17, 15) is 9.59 Å². The lowest BCUT2D eigenvalue weighted by atomic mass is 10.1. The molecular weight excluding hydrogens is 346 g/mol. The van der Waals surface area contributed by atoms with Gasteiger partial charge in [-0.25, -0.2) is 4.79 Å². The number of hydrogen-bond acceptors (Lipinski definition) is 4. The van der Waals surface area contributed by atoms with Crippen molar-refractivity contribution in [3.63, 3.8) is 0 Å². The number of hydrogen-bond donors (Lipinski definition) is 1. The van der Waals surface area contributed by atoms with Crippen LogP contribution in [0.15, 0.2) is 60.7 Å². The van der Waals surface area contributed by atoms with Gasteiger partial charge in [-0.2, -0.15) is 0 Å².